The predicted molar refractivity (Wildman–Crippen MR) is 69.0 cm³/mol. The van der Waals surface area contributed by atoms with Crippen LogP contribution in [0.1, 0.15) is 63.6 Å². The molecule has 96 valence electrons. The molecule has 1 atom stereocenters. The van der Waals surface area contributed by atoms with E-state index in [1.54, 1.807) is 0 Å². The van der Waals surface area contributed by atoms with Crippen molar-refractivity contribution in [2.45, 2.75) is 70.4 Å². The van der Waals surface area contributed by atoms with Gasteiger partial charge in [0.2, 0.25) is 0 Å². The van der Waals surface area contributed by atoms with Crippen molar-refractivity contribution in [2.75, 3.05) is 0 Å². The van der Waals surface area contributed by atoms with Gasteiger partial charge in [0.15, 0.2) is 0 Å². The molecular weight excluding hydrogens is 212 g/mol. The van der Waals surface area contributed by atoms with Gasteiger partial charge >= 0.3 is 0 Å². The third-order valence-electron chi connectivity index (χ3n) is 3.82. The van der Waals surface area contributed by atoms with Crippen LogP contribution in [0.15, 0.2) is 12.3 Å². The Morgan fingerprint density at radius 1 is 1.41 bits per heavy atom. The van der Waals surface area contributed by atoms with Crippen molar-refractivity contribution >= 4 is 0 Å². The zero-order valence-electron chi connectivity index (χ0n) is 10.8. The van der Waals surface area contributed by atoms with Gasteiger partial charge in [-0.3, -0.25) is 4.68 Å². The lowest BCUT2D eigenvalue weighted by molar-refractivity contribution is 0.160. The van der Waals surface area contributed by atoms with E-state index in [0.717, 1.165) is 25.0 Å². The first-order valence-electron chi connectivity index (χ1n) is 7.01. The highest BCUT2D eigenvalue weighted by atomic mass is 16.3. The van der Waals surface area contributed by atoms with E-state index in [1.165, 1.54) is 32.1 Å². The van der Waals surface area contributed by atoms with Crippen LogP contribution < -0.4 is 0 Å². The molecule has 0 amide bonds. The first-order valence-corrected chi connectivity index (χ1v) is 7.01. The minimum atomic E-state index is -0.171. The minimum absolute atomic E-state index is 0.171. The Bertz CT molecular complexity index is 329. The number of aromatic nitrogens is 2. The lowest BCUT2D eigenvalue weighted by atomic mass is 9.96. The van der Waals surface area contributed by atoms with Gasteiger partial charge in [-0.25, -0.2) is 0 Å². The van der Waals surface area contributed by atoms with Crippen LogP contribution in [0.3, 0.4) is 0 Å². The number of hydrogen-bond acceptors (Lipinski definition) is 2. The number of nitrogens with zero attached hydrogens (tertiary/aromatic N) is 2. The van der Waals surface area contributed by atoms with Crippen LogP contribution in [0.5, 0.6) is 0 Å². The number of aliphatic hydroxyl groups is 1. The molecule has 1 aromatic heterocycles. The van der Waals surface area contributed by atoms with Gasteiger partial charge < -0.3 is 5.11 Å². The Hall–Kier alpha value is -0.830. The monoisotopic (exact) mass is 236 g/mol. The Labute approximate surface area is 104 Å². The van der Waals surface area contributed by atoms with Crippen LogP contribution in [0.2, 0.25) is 0 Å². The van der Waals surface area contributed by atoms with E-state index in [1.807, 2.05) is 6.92 Å². The number of aryl methyl sites for hydroxylation is 1. The van der Waals surface area contributed by atoms with Gasteiger partial charge in [0.05, 0.1) is 17.8 Å². The zero-order chi connectivity index (χ0) is 12.1. The topological polar surface area (TPSA) is 38.0 Å². The van der Waals surface area contributed by atoms with E-state index in [-0.39, 0.29) is 6.10 Å². The molecule has 3 nitrogen and oxygen atoms in total. The molecule has 0 radical (unpaired) electrons. The fourth-order valence-corrected chi connectivity index (χ4v) is 2.58. The van der Waals surface area contributed by atoms with Crippen molar-refractivity contribution in [3.63, 3.8) is 0 Å². The van der Waals surface area contributed by atoms with Crippen molar-refractivity contribution in [3.05, 3.63) is 18.0 Å². The summed E-state index contributed by atoms with van der Waals surface area (Å²) in [6.07, 6.45) is 11.1. The van der Waals surface area contributed by atoms with Gasteiger partial charge in [0.1, 0.15) is 0 Å². The van der Waals surface area contributed by atoms with Crippen LogP contribution in [0.25, 0.3) is 0 Å². The summed E-state index contributed by atoms with van der Waals surface area (Å²) in [6, 6.07) is 2.73. The molecule has 0 bridgehead atoms. The van der Waals surface area contributed by atoms with E-state index in [9.17, 15) is 5.11 Å². The van der Waals surface area contributed by atoms with E-state index < -0.39 is 0 Å². The maximum atomic E-state index is 9.54. The first kappa shape index (κ1) is 12.6. The summed E-state index contributed by atoms with van der Waals surface area (Å²) in [7, 11) is 0. The van der Waals surface area contributed by atoms with Crippen LogP contribution in [-0.2, 0) is 6.42 Å². The summed E-state index contributed by atoms with van der Waals surface area (Å²) in [4.78, 5) is 0. The van der Waals surface area contributed by atoms with Crippen molar-refractivity contribution in [3.8, 4) is 0 Å². The van der Waals surface area contributed by atoms with Gasteiger partial charge in [-0.2, -0.15) is 5.10 Å². The molecule has 0 aliphatic heterocycles. The van der Waals surface area contributed by atoms with Crippen molar-refractivity contribution in [2.24, 2.45) is 0 Å². The number of aliphatic hydroxyl groups excluding tert-OH is 1. The number of rotatable bonds is 5. The highest BCUT2D eigenvalue weighted by Crippen LogP contribution is 2.27. The highest BCUT2D eigenvalue weighted by molar-refractivity contribution is 5.00. The van der Waals surface area contributed by atoms with Crippen LogP contribution in [0.4, 0.5) is 0 Å². The molecule has 1 unspecified atom stereocenters. The summed E-state index contributed by atoms with van der Waals surface area (Å²) in [5.74, 6) is 0. The van der Waals surface area contributed by atoms with Crippen LogP contribution in [-0.4, -0.2) is 21.0 Å². The third-order valence-corrected chi connectivity index (χ3v) is 3.82. The van der Waals surface area contributed by atoms with Gasteiger partial charge in [0.25, 0.3) is 0 Å². The second-order valence-electron chi connectivity index (χ2n) is 5.18. The van der Waals surface area contributed by atoms with E-state index in [0.29, 0.717) is 6.04 Å². The Morgan fingerprint density at radius 2 is 2.18 bits per heavy atom. The Morgan fingerprint density at radius 3 is 2.88 bits per heavy atom. The molecule has 17 heavy (non-hydrogen) atoms. The maximum absolute atomic E-state index is 9.54. The summed E-state index contributed by atoms with van der Waals surface area (Å²) in [6.45, 7) is 2.02. The van der Waals surface area contributed by atoms with Crippen LogP contribution in [0, 0.1) is 0 Å². The molecule has 1 N–H and O–H groups in total. The molecule has 1 aromatic rings. The summed E-state index contributed by atoms with van der Waals surface area (Å²) >= 11 is 0. The lowest BCUT2D eigenvalue weighted by Crippen LogP contribution is -2.13. The Balaban J connectivity index is 1.86. The molecule has 0 spiro atoms. The average molecular weight is 236 g/mol. The Kier molecular flexibility index (Phi) is 4.60. The van der Waals surface area contributed by atoms with Crippen LogP contribution >= 0.6 is 0 Å². The largest absolute Gasteiger partial charge is 0.393 e. The van der Waals surface area contributed by atoms with Crippen molar-refractivity contribution in [1.29, 1.82) is 0 Å². The molecular formula is C14H24N2O. The van der Waals surface area contributed by atoms with Gasteiger partial charge in [-0.1, -0.05) is 26.2 Å². The predicted octanol–water partition coefficient (Wildman–Crippen LogP) is 3.09. The van der Waals surface area contributed by atoms with Gasteiger partial charge in [0, 0.05) is 6.20 Å². The van der Waals surface area contributed by atoms with E-state index in [2.05, 4.69) is 22.0 Å². The standard InChI is InChI=1S/C14H24N2O/c1-2-14(17)9-8-12-10-11-16(15-12)13-6-4-3-5-7-13/h10-11,13-14,17H,2-9H2,1H3. The second kappa shape index (κ2) is 6.20. The quantitative estimate of drug-likeness (QED) is 0.853. The molecule has 0 aromatic carbocycles. The smallest absolute Gasteiger partial charge is 0.0625 e. The van der Waals surface area contributed by atoms with Crippen molar-refractivity contribution < 1.29 is 5.11 Å². The SMILES string of the molecule is CCC(O)CCc1ccn(C2CCCCC2)n1. The van der Waals surface area contributed by atoms with Gasteiger partial charge in [-0.05, 0) is 38.2 Å². The molecule has 0 saturated heterocycles. The molecule has 1 fully saturated rings. The first-order chi connectivity index (χ1) is 8.29. The highest BCUT2D eigenvalue weighted by Gasteiger charge is 2.16. The number of hydrogen-bond donors (Lipinski definition) is 1. The van der Waals surface area contributed by atoms with Crippen molar-refractivity contribution in [1.82, 2.24) is 9.78 Å². The van der Waals surface area contributed by atoms with Gasteiger partial charge in [-0.15, -0.1) is 0 Å². The normalized spacial score (nSPS) is 19.4. The van der Waals surface area contributed by atoms with E-state index >= 15 is 0 Å². The fourth-order valence-electron chi connectivity index (χ4n) is 2.58. The zero-order valence-corrected chi connectivity index (χ0v) is 10.8. The maximum Gasteiger partial charge on any atom is 0.0625 e. The molecule has 3 heteroatoms. The average Bonchev–Trinajstić information content (AvgIpc) is 2.86. The second-order valence-corrected chi connectivity index (χ2v) is 5.18. The fraction of sp³-hybridized carbons (Fsp3) is 0.786. The van der Waals surface area contributed by atoms with E-state index in [4.69, 9.17) is 0 Å². The lowest BCUT2D eigenvalue weighted by Gasteiger charge is -2.21. The molecule has 2 rings (SSSR count). The summed E-state index contributed by atoms with van der Waals surface area (Å²) in [5.41, 5.74) is 1.13. The third kappa shape index (κ3) is 3.56. The molecule has 1 aliphatic carbocycles. The summed E-state index contributed by atoms with van der Waals surface area (Å²) in [5, 5.41) is 14.2. The minimum Gasteiger partial charge on any atom is -0.393 e. The molecule has 1 aliphatic rings. The summed E-state index contributed by atoms with van der Waals surface area (Å²) < 4.78 is 2.15. The molecule has 1 saturated carbocycles. The molecule has 1 heterocycles.